The number of hydrogen-bond donors (Lipinski definition) is 2. The van der Waals surface area contributed by atoms with Crippen molar-refractivity contribution in [3.8, 4) is 0 Å². The minimum atomic E-state index is -0.697. The summed E-state index contributed by atoms with van der Waals surface area (Å²) in [6.45, 7) is 8.44. The molecule has 1 saturated heterocycles. The molecule has 88 valence electrons. The standard InChI is InChI=1S/C11H22N2O2/c1-8(2)13-7-9(3)12-6-10(13)4-5-11(14)15/h8-10,12H,4-7H2,1-3H3,(H,14,15). The number of carboxylic acid groups (broad SMARTS) is 1. The van der Waals surface area contributed by atoms with E-state index in [4.69, 9.17) is 5.11 Å². The SMILES string of the molecule is CC1CN(C(C)C)C(CCC(=O)O)CN1. The van der Waals surface area contributed by atoms with E-state index in [1.54, 1.807) is 0 Å². The average Bonchev–Trinajstić information content (AvgIpc) is 2.15. The molecular weight excluding hydrogens is 192 g/mol. The maximum Gasteiger partial charge on any atom is 0.303 e. The molecule has 2 unspecified atom stereocenters. The van der Waals surface area contributed by atoms with Crippen molar-refractivity contribution >= 4 is 5.97 Å². The zero-order chi connectivity index (χ0) is 11.4. The zero-order valence-corrected chi connectivity index (χ0v) is 9.86. The molecule has 0 aromatic heterocycles. The van der Waals surface area contributed by atoms with Gasteiger partial charge in [0.15, 0.2) is 0 Å². The summed E-state index contributed by atoms with van der Waals surface area (Å²) >= 11 is 0. The third-order valence-electron chi connectivity index (χ3n) is 3.01. The lowest BCUT2D eigenvalue weighted by atomic mass is 10.0. The summed E-state index contributed by atoms with van der Waals surface area (Å²) in [7, 11) is 0. The monoisotopic (exact) mass is 214 g/mol. The third-order valence-corrected chi connectivity index (χ3v) is 3.01. The molecule has 0 saturated carbocycles. The van der Waals surface area contributed by atoms with Gasteiger partial charge in [0.05, 0.1) is 0 Å². The first-order valence-corrected chi connectivity index (χ1v) is 5.71. The summed E-state index contributed by atoms with van der Waals surface area (Å²) in [6, 6.07) is 1.37. The van der Waals surface area contributed by atoms with Crippen LogP contribution in [0.2, 0.25) is 0 Å². The number of rotatable bonds is 4. The highest BCUT2D eigenvalue weighted by molar-refractivity contribution is 5.66. The van der Waals surface area contributed by atoms with Gasteiger partial charge in [-0.15, -0.1) is 0 Å². The van der Waals surface area contributed by atoms with Crippen molar-refractivity contribution in [2.24, 2.45) is 0 Å². The van der Waals surface area contributed by atoms with Gasteiger partial charge in [-0.25, -0.2) is 0 Å². The Kier molecular flexibility index (Phi) is 4.54. The van der Waals surface area contributed by atoms with Crippen LogP contribution >= 0.6 is 0 Å². The largest absolute Gasteiger partial charge is 0.481 e. The highest BCUT2D eigenvalue weighted by Crippen LogP contribution is 2.15. The number of carboxylic acids is 1. The van der Waals surface area contributed by atoms with Gasteiger partial charge in [0.25, 0.3) is 0 Å². The summed E-state index contributed by atoms with van der Waals surface area (Å²) in [4.78, 5) is 13.0. The predicted octanol–water partition coefficient (Wildman–Crippen LogP) is 0.922. The molecular formula is C11H22N2O2. The minimum Gasteiger partial charge on any atom is -0.481 e. The molecule has 1 aliphatic heterocycles. The van der Waals surface area contributed by atoms with Gasteiger partial charge in [-0.3, -0.25) is 9.69 Å². The lowest BCUT2D eigenvalue weighted by Crippen LogP contribution is -2.57. The van der Waals surface area contributed by atoms with Crippen LogP contribution in [-0.4, -0.2) is 47.2 Å². The number of hydrogen-bond acceptors (Lipinski definition) is 3. The summed E-state index contributed by atoms with van der Waals surface area (Å²) in [5.41, 5.74) is 0. The van der Waals surface area contributed by atoms with E-state index in [9.17, 15) is 4.79 Å². The van der Waals surface area contributed by atoms with E-state index in [1.807, 2.05) is 0 Å². The van der Waals surface area contributed by atoms with Crippen LogP contribution in [0.5, 0.6) is 0 Å². The number of nitrogens with zero attached hydrogens (tertiary/aromatic N) is 1. The van der Waals surface area contributed by atoms with Crippen molar-refractivity contribution in [3.05, 3.63) is 0 Å². The molecule has 1 heterocycles. The van der Waals surface area contributed by atoms with Crippen molar-refractivity contribution in [3.63, 3.8) is 0 Å². The molecule has 0 bridgehead atoms. The molecule has 2 N–H and O–H groups in total. The Morgan fingerprint density at radius 3 is 2.80 bits per heavy atom. The lowest BCUT2D eigenvalue weighted by molar-refractivity contribution is -0.137. The fraction of sp³-hybridized carbons (Fsp3) is 0.909. The second-order valence-electron chi connectivity index (χ2n) is 4.69. The molecule has 4 nitrogen and oxygen atoms in total. The quantitative estimate of drug-likeness (QED) is 0.731. The second kappa shape index (κ2) is 5.47. The van der Waals surface area contributed by atoms with E-state index in [2.05, 4.69) is 31.0 Å². The van der Waals surface area contributed by atoms with Crippen molar-refractivity contribution in [1.29, 1.82) is 0 Å². The molecule has 1 rings (SSSR count). The van der Waals surface area contributed by atoms with Gasteiger partial charge in [0.2, 0.25) is 0 Å². The van der Waals surface area contributed by atoms with Crippen molar-refractivity contribution in [2.75, 3.05) is 13.1 Å². The average molecular weight is 214 g/mol. The lowest BCUT2D eigenvalue weighted by Gasteiger charge is -2.41. The zero-order valence-electron chi connectivity index (χ0n) is 9.86. The summed E-state index contributed by atoms with van der Waals surface area (Å²) in [6.07, 6.45) is 1.01. The van der Waals surface area contributed by atoms with E-state index >= 15 is 0 Å². The fourth-order valence-electron chi connectivity index (χ4n) is 2.17. The molecule has 1 fully saturated rings. The van der Waals surface area contributed by atoms with Gasteiger partial charge >= 0.3 is 5.97 Å². The Labute approximate surface area is 91.6 Å². The number of piperazine rings is 1. The van der Waals surface area contributed by atoms with E-state index in [-0.39, 0.29) is 6.42 Å². The van der Waals surface area contributed by atoms with Crippen LogP contribution < -0.4 is 5.32 Å². The van der Waals surface area contributed by atoms with Crippen molar-refractivity contribution in [1.82, 2.24) is 10.2 Å². The maximum atomic E-state index is 10.5. The summed E-state index contributed by atoms with van der Waals surface area (Å²) in [5.74, 6) is -0.697. The van der Waals surface area contributed by atoms with E-state index in [0.717, 1.165) is 19.5 Å². The minimum absolute atomic E-state index is 0.268. The van der Waals surface area contributed by atoms with Gasteiger partial charge in [-0.05, 0) is 27.2 Å². The molecule has 1 aliphatic rings. The number of carbonyl (C=O) groups is 1. The molecule has 0 spiro atoms. The summed E-state index contributed by atoms with van der Waals surface area (Å²) < 4.78 is 0. The molecule has 15 heavy (non-hydrogen) atoms. The predicted molar refractivity (Wildman–Crippen MR) is 60.0 cm³/mol. The van der Waals surface area contributed by atoms with E-state index < -0.39 is 5.97 Å². The van der Waals surface area contributed by atoms with Gasteiger partial charge < -0.3 is 10.4 Å². The topological polar surface area (TPSA) is 52.6 Å². The molecule has 0 amide bonds. The van der Waals surface area contributed by atoms with Crippen LogP contribution in [0.1, 0.15) is 33.6 Å². The molecule has 0 aliphatic carbocycles. The van der Waals surface area contributed by atoms with Crippen LogP contribution in [0.25, 0.3) is 0 Å². The highest BCUT2D eigenvalue weighted by Gasteiger charge is 2.27. The van der Waals surface area contributed by atoms with Crippen molar-refractivity contribution in [2.45, 2.75) is 51.7 Å². The first kappa shape index (κ1) is 12.5. The fourth-order valence-corrected chi connectivity index (χ4v) is 2.17. The van der Waals surface area contributed by atoms with E-state index in [0.29, 0.717) is 18.1 Å². The highest BCUT2D eigenvalue weighted by atomic mass is 16.4. The van der Waals surface area contributed by atoms with Gasteiger partial charge in [0.1, 0.15) is 0 Å². The Morgan fingerprint density at radius 1 is 1.60 bits per heavy atom. The van der Waals surface area contributed by atoms with Gasteiger partial charge in [-0.1, -0.05) is 0 Å². The molecule has 0 aromatic rings. The molecule has 4 heteroatoms. The Morgan fingerprint density at radius 2 is 2.27 bits per heavy atom. The van der Waals surface area contributed by atoms with E-state index in [1.165, 1.54) is 0 Å². The number of nitrogens with one attached hydrogen (secondary N) is 1. The first-order chi connectivity index (χ1) is 7.00. The Bertz CT molecular complexity index is 219. The smallest absolute Gasteiger partial charge is 0.303 e. The van der Waals surface area contributed by atoms with Crippen LogP contribution in [0.3, 0.4) is 0 Å². The molecule has 0 radical (unpaired) electrons. The summed E-state index contributed by atoms with van der Waals surface area (Å²) in [5, 5.41) is 12.1. The normalized spacial score (nSPS) is 28.3. The van der Waals surface area contributed by atoms with Crippen LogP contribution in [0.4, 0.5) is 0 Å². The second-order valence-corrected chi connectivity index (χ2v) is 4.69. The van der Waals surface area contributed by atoms with Crippen LogP contribution in [0.15, 0.2) is 0 Å². The maximum absolute atomic E-state index is 10.5. The molecule has 2 atom stereocenters. The third kappa shape index (κ3) is 3.80. The van der Waals surface area contributed by atoms with Crippen molar-refractivity contribution < 1.29 is 9.90 Å². The molecule has 0 aromatic carbocycles. The Hall–Kier alpha value is -0.610. The number of aliphatic carboxylic acids is 1. The first-order valence-electron chi connectivity index (χ1n) is 5.71. The van der Waals surface area contributed by atoms with Crippen LogP contribution in [-0.2, 0) is 4.79 Å². The van der Waals surface area contributed by atoms with Gasteiger partial charge in [-0.2, -0.15) is 0 Å². The van der Waals surface area contributed by atoms with Gasteiger partial charge in [0, 0.05) is 37.6 Å². The van der Waals surface area contributed by atoms with Crippen LogP contribution in [0, 0.1) is 0 Å². The Balaban J connectivity index is 2.48.